The molecule has 2 atom stereocenters. The maximum Gasteiger partial charge on any atom is 0.340 e. The molecule has 0 fully saturated rings. The van der Waals surface area contributed by atoms with Gasteiger partial charge < -0.3 is 15.7 Å². The molecule has 5 rings (SSSR count). The topological polar surface area (TPSA) is 119 Å². The van der Waals surface area contributed by atoms with Gasteiger partial charge in [0.1, 0.15) is 0 Å². The fourth-order valence-corrected chi connectivity index (χ4v) is 6.52. The summed E-state index contributed by atoms with van der Waals surface area (Å²) in [7, 11) is -0.191. The third-order valence-corrected chi connectivity index (χ3v) is 9.57. The molecule has 3 amide bonds. The van der Waals surface area contributed by atoms with Crippen molar-refractivity contribution in [1.29, 1.82) is 0 Å². The monoisotopic (exact) mass is 669 g/mol. The first-order valence-corrected chi connectivity index (χ1v) is 16.9. The molecule has 1 aliphatic rings. The van der Waals surface area contributed by atoms with Crippen LogP contribution in [0.3, 0.4) is 0 Å². The summed E-state index contributed by atoms with van der Waals surface area (Å²) < 4.78 is 28.5. The number of carbonyl (C=O) groups excluding carboxylic acids is 2. The third-order valence-electron chi connectivity index (χ3n) is 8.07. The number of benzene rings is 4. The van der Waals surface area contributed by atoms with E-state index in [0.29, 0.717) is 16.3 Å². The molecule has 0 spiro atoms. The van der Waals surface area contributed by atoms with Crippen molar-refractivity contribution in [3.63, 3.8) is 0 Å². The number of carbonyl (C=O) groups is 3. The van der Waals surface area contributed by atoms with Gasteiger partial charge in [0.05, 0.1) is 25.8 Å². The smallest absolute Gasteiger partial charge is 0.340 e. The van der Waals surface area contributed by atoms with Gasteiger partial charge in [0.2, 0.25) is 6.17 Å². The van der Waals surface area contributed by atoms with Crippen molar-refractivity contribution in [3.8, 4) is 0 Å². The average Bonchev–Trinajstić information content (AvgIpc) is 3.13. The van der Waals surface area contributed by atoms with Gasteiger partial charge in [-0.25, -0.2) is 14.0 Å². The summed E-state index contributed by atoms with van der Waals surface area (Å²) in [5.74, 6) is -2.25. The summed E-state index contributed by atoms with van der Waals surface area (Å²) in [6, 6.07) is 30.2. The van der Waals surface area contributed by atoms with E-state index in [2.05, 4.69) is 16.7 Å². The second-order valence-electron chi connectivity index (χ2n) is 11.4. The van der Waals surface area contributed by atoms with E-state index in [1.165, 1.54) is 24.1 Å². The summed E-state index contributed by atoms with van der Waals surface area (Å²) >= 11 is 0. The highest BCUT2D eigenvalue weighted by Crippen LogP contribution is 2.29. The van der Waals surface area contributed by atoms with Crippen LogP contribution in [0.2, 0.25) is 0 Å². The molecule has 0 saturated heterocycles. The molecular weight excluding hydrogens is 631 g/mol. The zero-order valence-corrected chi connectivity index (χ0v) is 27.4. The van der Waals surface area contributed by atoms with E-state index < -0.39 is 41.6 Å². The molecule has 3 N–H and O–H groups in total. The van der Waals surface area contributed by atoms with Crippen LogP contribution in [0, 0.1) is 0 Å². The zero-order chi connectivity index (χ0) is 34.0. The molecule has 1 aliphatic carbocycles. The van der Waals surface area contributed by atoms with Gasteiger partial charge in [-0.15, -0.1) is 0 Å². The number of anilines is 3. The second-order valence-corrected chi connectivity index (χ2v) is 13.1. The summed E-state index contributed by atoms with van der Waals surface area (Å²) in [6.07, 6.45) is 4.47. The largest absolute Gasteiger partial charge is 0.479 e. The Labute approximate surface area is 281 Å². The van der Waals surface area contributed by atoms with Crippen molar-refractivity contribution in [2.24, 2.45) is 0 Å². The van der Waals surface area contributed by atoms with Gasteiger partial charge in [0.15, 0.2) is 15.9 Å². The number of alkyl halides is 1. The number of para-hydroxylation sites is 1. The number of rotatable bonds is 12. The number of carboxylic acid groups (broad SMARTS) is 1. The van der Waals surface area contributed by atoms with Gasteiger partial charge in [-0.05, 0) is 90.9 Å². The van der Waals surface area contributed by atoms with E-state index in [9.17, 15) is 23.0 Å². The molecule has 9 nitrogen and oxygen atoms in total. The molecule has 0 radical (unpaired) electrons. The fourth-order valence-electron chi connectivity index (χ4n) is 5.37. The molecule has 0 heterocycles. The fraction of sp³-hybridized carbons (Fsp3) is 0.216. The van der Waals surface area contributed by atoms with Crippen LogP contribution in [-0.4, -0.2) is 42.8 Å². The lowest BCUT2D eigenvalue weighted by Crippen LogP contribution is -2.35. The van der Waals surface area contributed by atoms with Crippen LogP contribution in [-0.2, 0) is 26.5 Å². The molecule has 0 bridgehead atoms. The van der Waals surface area contributed by atoms with Crippen LogP contribution in [0.5, 0.6) is 0 Å². The van der Waals surface area contributed by atoms with E-state index in [4.69, 9.17) is 5.11 Å². The van der Waals surface area contributed by atoms with Crippen LogP contribution in [0.4, 0.5) is 26.2 Å². The molecular formula is C37H38FN4O5S+. The predicted octanol–water partition coefficient (Wildman–Crippen LogP) is 7.14. The van der Waals surface area contributed by atoms with Crippen LogP contribution in [0.15, 0.2) is 114 Å². The van der Waals surface area contributed by atoms with Crippen LogP contribution in [0.1, 0.15) is 47.2 Å². The highest BCUT2D eigenvalue weighted by atomic mass is 32.2. The van der Waals surface area contributed by atoms with Gasteiger partial charge in [-0.3, -0.25) is 9.69 Å². The van der Waals surface area contributed by atoms with Gasteiger partial charge in [0, 0.05) is 23.0 Å². The van der Waals surface area contributed by atoms with E-state index in [-0.39, 0.29) is 12.1 Å². The lowest BCUT2D eigenvalue weighted by molar-refractivity contribution is -0.142. The molecule has 0 aromatic heterocycles. The Morgan fingerprint density at radius 3 is 2.29 bits per heavy atom. The number of halogens is 1. The first-order chi connectivity index (χ1) is 23.2. The first kappa shape index (κ1) is 34.1. The lowest BCUT2D eigenvalue weighted by atomic mass is 9.93. The van der Waals surface area contributed by atoms with Crippen molar-refractivity contribution in [2.75, 3.05) is 28.1 Å². The number of urea groups is 1. The Morgan fingerprint density at radius 2 is 1.62 bits per heavy atom. The highest BCUT2D eigenvalue weighted by molar-refractivity contribution is 7.86. The third kappa shape index (κ3) is 8.74. The normalized spacial score (nSPS) is 13.8. The van der Waals surface area contributed by atoms with Crippen molar-refractivity contribution >= 4 is 51.5 Å². The van der Waals surface area contributed by atoms with E-state index in [0.717, 1.165) is 36.1 Å². The average molecular weight is 670 g/mol. The Kier molecular flexibility index (Phi) is 11.4. The van der Waals surface area contributed by atoms with Gasteiger partial charge in [-0.2, -0.15) is 4.31 Å². The minimum Gasteiger partial charge on any atom is -0.479 e. The van der Waals surface area contributed by atoms with Crippen LogP contribution >= 0.6 is 0 Å². The minimum absolute atomic E-state index is 0.159. The summed E-state index contributed by atoms with van der Waals surface area (Å²) in [4.78, 5) is 39.2. The summed E-state index contributed by atoms with van der Waals surface area (Å²) in [5.41, 5.74) is 5.30. The van der Waals surface area contributed by atoms with Crippen molar-refractivity contribution in [1.82, 2.24) is 5.32 Å². The number of thiol groups is 1. The Hall–Kier alpha value is -5.29. The zero-order valence-electron chi connectivity index (χ0n) is 26.5. The molecule has 248 valence electrons. The molecule has 11 heteroatoms. The molecule has 4 aromatic rings. The Morgan fingerprint density at radius 1 is 0.896 bits per heavy atom. The van der Waals surface area contributed by atoms with Crippen molar-refractivity contribution < 1.29 is 28.1 Å². The Balaban J connectivity index is 1.35. The molecule has 0 saturated carbocycles. The van der Waals surface area contributed by atoms with Crippen molar-refractivity contribution in [2.45, 2.75) is 43.3 Å². The van der Waals surface area contributed by atoms with Crippen LogP contribution in [0.25, 0.3) is 5.57 Å². The van der Waals surface area contributed by atoms with Gasteiger partial charge >= 0.3 is 12.0 Å². The summed E-state index contributed by atoms with van der Waals surface area (Å²) in [6.45, 7) is -0.485. The number of amides is 3. The second kappa shape index (κ2) is 16.0. The standard InChI is InChI=1S/C37H37FN4O5S/c1-41(31-12-6-3-7-13-31)48(47)33-14-8-11-30(23-33)40-37(46)42(32-21-19-28(20-22-32)27-9-4-2-5-10-27)25-26-15-17-29(18-16-26)35(43)39-24-34(38)36(44)45/h3,6-9,11-23,34H,2,4-5,10,24-25H2,1H3,(H,39,43)(H,40,46)(H,44,45)/p+1. The van der Waals surface area contributed by atoms with E-state index in [1.807, 2.05) is 54.6 Å². The minimum atomic E-state index is -2.20. The number of carboxylic acids is 1. The SMILES string of the molecule is CN(c1ccccc1)[SH+](=O)c1cccc(NC(=O)N(Cc2ccc(C(=O)NCC(F)C(=O)O)cc2)c2ccc(C3=CCCCC3)cc2)c1. The molecule has 0 aliphatic heterocycles. The number of nitrogens with zero attached hydrogens (tertiary/aromatic N) is 2. The number of aliphatic carboxylic acids is 1. The quantitative estimate of drug-likeness (QED) is 0.109. The lowest BCUT2D eigenvalue weighted by Gasteiger charge is -2.24. The molecule has 2 unspecified atom stereocenters. The predicted molar refractivity (Wildman–Crippen MR) is 188 cm³/mol. The molecule has 48 heavy (non-hydrogen) atoms. The van der Waals surface area contributed by atoms with Crippen molar-refractivity contribution in [3.05, 3.63) is 126 Å². The van der Waals surface area contributed by atoms with Crippen LogP contribution < -0.4 is 19.8 Å². The maximum absolute atomic E-state index is 13.9. The number of hydrogen-bond donors (Lipinski definition) is 3. The summed E-state index contributed by atoms with van der Waals surface area (Å²) in [5, 5.41) is 14.0. The highest BCUT2D eigenvalue weighted by Gasteiger charge is 2.22. The van der Waals surface area contributed by atoms with E-state index >= 15 is 0 Å². The molecule has 4 aromatic carbocycles. The van der Waals surface area contributed by atoms with Gasteiger partial charge in [0.25, 0.3) is 5.91 Å². The van der Waals surface area contributed by atoms with E-state index in [1.54, 1.807) is 52.7 Å². The number of hydrogen-bond acceptors (Lipinski definition) is 4. The Bertz CT molecular complexity index is 1800. The number of nitrogens with one attached hydrogen (secondary N) is 2. The first-order valence-electron chi connectivity index (χ1n) is 15.7. The number of allylic oxidation sites excluding steroid dienone is 2. The van der Waals surface area contributed by atoms with Gasteiger partial charge in [-0.1, -0.05) is 58.8 Å². The maximum atomic E-state index is 13.9.